The monoisotopic (exact) mass is 421 g/mol. The number of imidazole rings is 1. The van der Waals surface area contributed by atoms with E-state index in [4.69, 9.17) is 0 Å². The number of amides is 1. The zero-order valence-corrected chi connectivity index (χ0v) is 17.1. The molecule has 30 heavy (non-hydrogen) atoms. The maximum Gasteiger partial charge on any atom is 0.261 e. The van der Waals surface area contributed by atoms with Crippen molar-refractivity contribution in [2.24, 2.45) is 0 Å². The lowest BCUT2D eigenvalue weighted by Crippen LogP contribution is -2.12. The van der Waals surface area contributed by atoms with E-state index in [0.717, 1.165) is 11.1 Å². The average molecular weight is 421 g/mol. The average Bonchev–Trinajstić information content (AvgIpc) is 3.08. The molecule has 0 fully saturated rings. The lowest BCUT2D eigenvalue weighted by atomic mass is 10.1. The Bertz CT molecular complexity index is 1340. The van der Waals surface area contributed by atoms with Gasteiger partial charge in [-0.1, -0.05) is 29.8 Å². The van der Waals surface area contributed by atoms with Crippen LogP contribution in [0.1, 0.15) is 12.5 Å². The van der Waals surface area contributed by atoms with E-state index in [0.29, 0.717) is 22.8 Å². The highest BCUT2D eigenvalue weighted by Crippen LogP contribution is 2.24. The number of benzene rings is 2. The number of fused-ring (bicyclic) bond motifs is 1. The molecule has 8 nitrogen and oxygen atoms in total. The van der Waals surface area contributed by atoms with Crippen molar-refractivity contribution in [1.82, 2.24) is 14.6 Å². The summed E-state index contributed by atoms with van der Waals surface area (Å²) in [6, 6.07) is 17.2. The first-order valence-corrected chi connectivity index (χ1v) is 10.6. The minimum Gasteiger partial charge on any atom is -0.310 e. The van der Waals surface area contributed by atoms with Gasteiger partial charge < -0.3 is 5.32 Å². The summed E-state index contributed by atoms with van der Waals surface area (Å²) >= 11 is 0. The first-order chi connectivity index (χ1) is 14.3. The molecule has 0 saturated carbocycles. The highest BCUT2D eigenvalue weighted by Gasteiger charge is 2.14. The molecule has 0 aliphatic heterocycles. The second kappa shape index (κ2) is 7.60. The van der Waals surface area contributed by atoms with Crippen LogP contribution in [0.3, 0.4) is 0 Å². The molecule has 152 valence electrons. The molecule has 2 aromatic carbocycles. The summed E-state index contributed by atoms with van der Waals surface area (Å²) in [5.74, 6) is 0.193. The number of nitrogens with zero attached hydrogens (tertiary/aromatic N) is 3. The smallest absolute Gasteiger partial charge is 0.261 e. The van der Waals surface area contributed by atoms with Gasteiger partial charge in [-0.05, 0) is 43.3 Å². The lowest BCUT2D eigenvalue weighted by Gasteiger charge is -2.10. The third-order valence-electron chi connectivity index (χ3n) is 4.37. The van der Waals surface area contributed by atoms with Crippen LogP contribution in [0.25, 0.3) is 16.9 Å². The Morgan fingerprint density at radius 1 is 1.03 bits per heavy atom. The molecule has 0 bridgehead atoms. The number of anilines is 2. The largest absolute Gasteiger partial charge is 0.310 e. The molecule has 4 aromatic rings. The number of rotatable bonds is 5. The molecule has 0 aliphatic rings. The first kappa shape index (κ1) is 19.6. The predicted molar refractivity (Wildman–Crippen MR) is 115 cm³/mol. The van der Waals surface area contributed by atoms with Gasteiger partial charge in [0.2, 0.25) is 5.91 Å². The number of carbonyl (C=O) groups is 1. The summed E-state index contributed by atoms with van der Waals surface area (Å²) in [5, 5.41) is 7.12. The molecule has 0 radical (unpaired) electrons. The first-order valence-electron chi connectivity index (χ1n) is 9.14. The van der Waals surface area contributed by atoms with E-state index in [1.54, 1.807) is 65.3 Å². The van der Waals surface area contributed by atoms with Gasteiger partial charge in [0, 0.05) is 18.2 Å². The van der Waals surface area contributed by atoms with E-state index in [9.17, 15) is 13.2 Å². The van der Waals surface area contributed by atoms with E-state index in [-0.39, 0.29) is 10.8 Å². The molecule has 2 N–H and O–H groups in total. The van der Waals surface area contributed by atoms with Gasteiger partial charge in [-0.3, -0.25) is 9.52 Å². The van der Waals surface area contributed by atoms with Crippen LogP contribution < -0.4 is 10.0 Å². The van der Waals surface area contributed by atoms with Gasteiger partial charge in [-0.25, -0.2) is 17.9 Å². The Kier molecular flexibility index (Phi) is 4.96. The molecule has 0 atom stereocenters. The van der Waals surface area contributed by atoms with Gasteiger partial charge in [0.15, 0.2) is 11.5 Å². The van der Waals surface area contributed by atoms with Gasteiger partial charge >= 0.3 is 0 Å². The number of nitrogens with one attached hydrogen (secondary N) is 2. The van der Waals surface area contributed by atoms with E-state index in [2.05, 4.69) is 20.1 Å². The van der Waals surface area contributed by atoms with Crippen molar-refractivity contribution in [1.29, 1.82) is 0 Å². The topological polar surface area (TPSA) is 105 Å². The molecule has 0 unspecified atom stereocenters. The van der Waals surface area contributed by atoms with Gasteiger partial charge in [-0.15, -0.1) is 0 Å². The van der Waals surface area contributed by atoms with Crippen molar-refractivity contribution in [3.05, 3.63) is 72.4 Å². The molecule has 2 aromatic heterocycles. The summed E-state index contributed by atoms with van der Waals surface area (Å²) < 4.78 is 29.5. The van der Waals surface area contributed by atoms with Crippen molar-refractivity contribution < 1.29 is 13.2 Å². The molecule has 0 saturated heterocycles. The van der Waals surface area contributed by atoms with Gasteiger partial charge in [0.1, 0.15) is 0 Å². The highest BCUT2D eigenvalue weighted by atomic mass is 32.2. The van der Waals surface area contributed by atoms with Crippen molar-refractivity contribution in [2.75, 3.05) is 10.0 Å². The van der Waals surface area contributed by atoms with E-state index >= 15 is 0 Å². The van der Waals surface area contributed by atoms with Crippen molar-refractivity contribution in [2.45, 2.75) is 18.7 Å². The second-order valence-corrected chi connectivity index (χ2v) is 8.51. The highest BCUT2D eigenvalue weighted by molar-refractivity contribution is 7.92. The van der Waals surface area contributed by atoms with Gasteiger partial charge in [-0.2, -0.15) is 5.10 Å². The number of sulfonamides is 1. The number of hydrogen-bond acceptors (Lipinski definition) is 5. The molecule has 1 amide bonds. The van der Waals surface area contributed by atoms with Crippen LogP contribution in [-0.2, 0) is 14.8 Å². The van der Waals surface area contributed by atoms with Crippen LogP contribution in [0.2, 0.25) is 0 Å². The predicted octanol–water partition coefficient (Wildman–Crippen LogP) is 3.46. The Morgan fingerprint density at radius 3 is 2.53 bits per heavy atom. The molecule has 0 spiro atoms. The summed E-state index contributed by atoms with van der Waals surface area (Å²) in [6.07, 6.45) is 1.62. The third-order valence-corrected chi connectivity index (χ3v) is 5.76. The van der Waals surface area contributed by atoms with E-state index in [1.165, 1.54) is 6.92 Å². The quantitative estimate of drug-likeness (QED) is 0.513. The minimum atomic E-state index is -3.70. The van der Waals surface area contributed by atoms with Crippen LogP contribution >= 0.6 is 0 Å². The SMILES string of the molecule is CC(=O)Nc1cn2nc(-c3cccc(NS(=O)(=O)c4ccc(C)cc4)c3)ccc2n1. The minimum absolute atomic E-state index is 0.196. The van der Waals surface area contributed by atoms with Crippen LogP contribution in [0.15, 0.2) is 71.8 Å². The fourth-order valence-electron chi connectivity index (χ4n) is 2.95. The summed E-state index contributed by atoms with van der Waals surface area (Å²) in [5.41, 5.74) is 3.36. The van der Waals surface area contributed by atoms with Crippen molar-refractivity contribution >= 4 is 33.1 Å². The zero-order chi connectivity index (χ0) is 21.3. The van der Waals surface area contributed by atoms with Gasteiger partial charge in [0.25, 0.3) is 10.0 Å². The lowest BCUT2D eigenvalue weighted by molar-refractivity contribution is -0.114. The van der Waals surface area contributed by atoms with E-state index < -0.39 is 10.0 Å². The molecule has 2 heterocycles. The number of carbonyl (C=O) groups excluding carboxylic acids is 1. The molecule has 0 aliphatic carbocycles. The maximum absolute atomic E-state index is 12.7. The van der Waals surface area contributed by atoms with Crippen molar-refractivity contribution in [3.63, 3.8) is 0 Å². The zero-order valence-electron chi connectivity index (χ0n) is 16.3. The van der Waals surface area contributed by atoms with E-state index in [1.807, 2.05) is 13.0 Å². The summed E-state index contributed by atoms with van der Waals surface area (Å²) in [4.78, 5) is 15.7. The number of aromatic nitrogens is 3. The summed E-state index contributed by atoms with van der Waals surface area (Å²) in [7, 11) is -3.70. The maximum atomic E-state index is 12.7. The Hall–Kier alpha value is -3.72. The Balaban J connectivity index is 1.63. The molecule has 4 rings (SSSR count). The summed E-state index contributed by atoms with van der Waals surface area (Å²) in [6.45, 7) is 3.31. The van der Waals surface area contributed by atoms with Crippen LogP contribution in [0.4, 0.5) is 11.5 Å². The number of aryl methyl sites for hydroxylation is 1. The third kappa shape index (κ3) is 4.15. The van der Waals surface area contributed by atoms with Crippen molar-refractivity contribution in [3.8, 4) is 11.3 Å². The second-order valence-electron chi connectivity index (χ2n) is 6.83. The molecular weight excluding hydrogens is 402 g/mol. The molecule has 9 heteroatoms. The standard InChI is InChI=1S/C21H19N5O3S/c1-14-6-8-18(9-7-14)30(28,29)25-17-5-3-4-16(12-17)19-10-11-21-23-20(22-15(2)27)13-26(21)24-19/h3-13,25H,1-2H3,(H,22,27). The molecular formula is C21H19N5O3S. The Labute approximate surface area is 173 Å². The van der Waals surface area contributed by atoms with Crippen LogP contribution in [-0.4, -0.2) is 28.9 Å². The van der Waals surface area contributed by atoms with Gasteiger partial charge in [0.05, 0.1) is 16.8 Å². The Morgan fingerprint density at radius 2 is 1.80 bits per heavy atom. The normalized spacial score (nSPS) is 11.4. The van der Waals surface area contributed by atoms with Crippen LogP contribution in [0.5, 0.6) is 0 Å². The fourth-order valence-corrected chi connectivity index (χ4v) is 4.00. The number of hydrogen-bond donors (Lipinski definition) is 2. The van der Waals surface area contributed by atoms with Crippen LogP contribution in [0, 0.1) is 6.92 Å². The fraction of sp³-hybridized carbons (Fsp3) is 0.0952.